The highest BCUT2D eigenvalue weighted by atomic mass is 19.1. The molecule has 6 nitrogen and oxygen atoms in total. The van der Waals surface area contributed by atoms with Gasteiger partial charge in [-0.2, -0.15) is 0 Å². The van der Waals surface area contributed by atoms with Crippen molar-refractivity contribution < 1.29 is 23.8 Å². The molecule has 0 aromatic heterocycles. The SMILES string of the molecule is CCC/C(=C\c1ccc(O)c(F)c1)CC[C@H]1OC[C@H]2C1=C(C)C[C@H]1C(=O)N(C3CCN(Cc4ccccc4)CC3)C(=O)[C@H]12. The second-order valence-electron chi connectivity index (χ2n) is 12.8. The van der Waals surface area contributed by atoms with E-state index < -0.39 is 5.82 Å². The third kappa shape index (κ3) is 6.07. The minimum Gasteiger partial charge on any atom is -0.505 e. The largest absolute Gasteiger partial charge is 0.505 e. The Labute approximate surface area is 254 Å². The minimum atomic E-state index is -0.619. The molecular weight excluding hydrogens is 543 g/mol. The van der Waals surface area contributed by atoms with Gasteiger partial charge in [0.25, 0.3) is 0 Å². The van der Waals surface area contributed by atoms with Crippen LogP contribution in [0.25, 0.3) is 6.08 Å². The highest BCUT2D eigenvalue weighted by Gasteiger charge is 2.57. The van der Waals surface area contributed by atoms with Crippen LogP contribution in [-0.4, -0.2) is 58.6 Å². The maximum absolute atomic E-state index is 13.9. The summed E-state index contributed by atoms with van der Waals surface area (Å²) in [7, 11) is 0. The van der Waals surface area contributed by atoms with E-state index in [4.69, 9.17) is 4.74 Å². The molecule has 2 amide bonds. The van der Waals surface area contributed by atoms with E-state index in [1.165, 1.54) is 34.4 Å². The number of likely N-dealkylation sites (tertiary alicyclic amines) is 2. The zero-order valence-corrected chi connectivity index (χ0v) is 25.3. The van der Waals surface area contributed by atoms with Crippen LogP contribution in [0, 0.1) is 23.6 Å². The fraction of sp³-hybridized carbons (Fsp3) is 0.500. The van der Waals surface area contributed by atoms with Crippen LogP contribution < -0.4 is 0 Å². The van der Waals surface area contributed by atoms with Crippen LogP contribution in [0.1, 0.15) is 69.9 Å². The first kappa shape index (κ1) is 29.8. The molecule has 0 spiro atoms. The van der Waals surface area contributed by atoms with Crippen LogP contribution in [0.2, 0.25) is 0 Å². The lowest BCUT2D eigenvalue weighted by molar-refractivity contribution is -0.144. The number of halogens is 1. The van der Waals surface area contributed by atoms with Gasteiger partial charge in [0.2, 0.25) is 11.8 Å². The third-order valence-electron chi connectivity index (χ3n) is 10.00. The van der Waals surface area contributed by atoms with Crippen LogP contribution in [-0.2, 0) is 20.9 Å². The summed E-state index contributed by atoms with van der Waals surface area (Å²) in [4.78, 5) is 31.7. The van der Waals surface area contributed by atoms with Gasteiger partial charge in [0.1, 0.15) is 0 Å². The molecule has 3 fully saturated rings. The van der Waals surface area contributed by atoms with Gasteiger partial charge in [0.15, 0.2) is 11.6 Å². The number of rotatable bonds is 9. The molecule has 4 aliphatic rings. The van der Waals surface area contributed by atoms with Crippen molar-refractivity contribution in [3.8, 4) is 5.75 Å². The monoisotopic (exact) mass is 586 g/mol. The van der Waals surface area contributed by atoms with E-state index in [2.05, 4.69) is 43.0 Å². The minimum absolute atomic E-state index is 0.0108. The molecule has 4 atom stereocenters. The molecule has 6 rings (SSSR count). The van der Waals surface area contributed by atoms with Gasteiger partial charge in [-0.1, -0.05) is 67.0 Å². The molecule has 3 saturated heterocycles. The number of imide groups is 1. The smallest absolute Gasteiger partial charge is 0.234 e. The number of aromatic hydroxyl groups is 1. The number of nitrogens with zero attached hydrogens (tertiary/aromatic N) is 2. The topological polar surface area (TPSA) is 70.1 Å². The first-order chi connectivity index (χ1) is 20.8. The quantitative estimate of drug-likeness (QED) is 0.269. The molecule has 0 bridgehead atoms. The van der Waals surface area contributed by atoms with E-state index in [9.17, 15) is 19.1 Å². The summed E-state index contributed by atoms with van der Waals surface area (Å²) < 4.78 is 20.3. The molecule has 1 aliphatic carbocycles. The van der Waals surface area contributed by atoms with Crippen LogP contribution in [0.5, 0.6) is 5.75 Å². The number of amides is 2. The van der Waals surface area contributed by atoms with Crippen molar-refractivity contribution in [1.82, 2.24) is 9.80 Å². The Morgan fingerprint density at radius 3 is 2.53 bits per heavy atom. The number of hydrogen-bond donors (Lipinski definition) is 1. The van der Waals surface area contributed by atoms with Crippen molar-refractivity contribution in [3.63, 3.8) is 0 Å². The van der Waals surface area contributed by atoms with E-state index >= 15 is 0 Å². The van der Waals surface area contributed by atoms with Crippen LogP contribution in [0.15, 0.2) is 65.3 Å². The van der Waals surface area contributed by atoms with Crippen LogP contribution >= 0.6 is 0 Å². The van der Waals surface area contributed by atoms with Crippen LogP contribution in [0.4, 0.5) is 4.39 Å². The van der Waals surface area contributed by atoms with Crippen molar-refractivity contribution in [3.05, 3.63) is 82.2 Å². The molecule has 0 saturated carbocycles. The normalized spacial score (nSPS) is 26.8. The molecule has 43 heavy (non-hydrogen) atoms. The lowest BCUT2D eigenvalue weighted by Gasteiger charge is -2.36. The molecule has 7 heteroatoms. The zero-order valence-electron chi connectivity index (χ0n) is 25.3. The highest BCUT2D eigenvalue weighted by Crippen LogP contribution is 2.50. The molecule has 1 N–H and O–H groups in total. The fourth-order valence-electron chi connectivity index (χ4n) is 7.95. The number of carbonyl (C=O) groups excluding carboxylic acids is 2. The zero-order chi connectivity index (χ0) is 30.1. The Morgan fingerprint density at radius 1 is 1.05 bits per heavy atom. The molecule has 3 heterocycles. The highest BCUT2D eigenvalue weighted by molar-refractivity contribution is 6.06. The van der Waals surface area contributed by atoms with Gasteiger partial charge >= 0.3 is 0 Å². The summed E-state index contributed by atoms with van der Waals surface area (Å²) in [5.41, 5.74) is 5.67. The summed E-state index contributed by atoms with van der Waals surface area (Å²) in [5, 5.41) is 9.55. The summed E-state index contributed by atoms with van der Waals surface area (Å²) >= 11 is 0. The lowest BCUT2D eigenvalue weighted by Crippen LogP contribution is -2.47. The first-order valence-electron chi connectivity index (χ1n) is 16.0. The van der Waals surface area contributed by atoms with Crippen LogP contribution in [0.3, 0.4) is 0 Å². The molecular formula is C36H43FN2O4. The van der Waals surface area contributed by atoms with Gasteiger partial charge in [-0.3, -0.25) is 19.4 Å². The van der Waals surface area contributed by atoms with Gasteiger partial charge < -0.3 is 9.84 Å². The number of ether oxygens (including phenoxy) is 1. The standard InChI is InChI=1S/C36H43FN2O4/c1-3-7-24(19-26-10-12-31(40)30(37)20-26)11-13-32-33-23(2)18-28-34(29(33)22-43-32)36(42)39(35(28)41)27-14-16-38(17-15-27)21-25-8-5-4-6-9-25/h4-6,8-10,12,19-20,27-29,32,34,40H,3,7,11,13-18,21-22H2,1-2H3/b24-19+/t28-,29+,32-,34-/m1/s1. The van der Waals surface area contributed by atoms with Crippen molar-refractivity contribution >= 4 is 17.9 Å². The number of piperidine rings is 1. The number of phenols is 1. The Kier molecular flexibility index (Phi) is 8.83. The molecule has 2 aromatic rings. The van der Waals surface area contributed by atoms with Crippen molar-refractivity contribution in [1.29, 1.82) is 0 Å². The molecule has 3 aliphatic heterocycles. The maximum atomic E-state index is 13.9. The number of allylic oxidation sites excluding steroid dienone is 2. The summed E-state index contributed by atoms with van der Waals surface area (Å²) in [6, 6.07) is 14.9. The van der Waals surface area contributed by atoms with E-state index in [-0.39, 0.29) is 47.5 Å². The Balaban J connectivity index is 1.10. The van der Waals surface area contributed by atoms with Crippen molar-refractivity contribution in [2.75, 3.05) is 19.7 Å². The van der Waals surface area contributed by atoms with Gasteiger partial charge in [0, 0.05) is 31.6 Å². The Morgan fingerprint density at radius 2 is 1.81 bits per heavy atom. The maximum Gasteiger partial charge on any atom is 0.234 e. The van der Waals surface area contributed by atoms with E-state index in [0.29, 0.717) is 13.0 Å². The Hall–Kier alpha value is -3.29. The third-order valence-corrected chi connectivity index (χ3v) is 10.00. The molecule has 228 valence electrons. The van der Waals surface area contributed by atoms with Crippen molar-refractivity contribution in [2.24, 2.45) is 17.8 Å². The molecule has 0 radical (unpaired) electrons. The van der Waals surface area contributed by atoms with E-state index in [1.54, 1.807) is 11.0 Å². The second kappa shape index (κ2) is 12.7. The van der Waals surface area contributed by atoms with E-state index in [0.717, 1.165) is 63.7 Å². The first-order valence-corrected chi connectivity index (χ1v) is 16.0. The number of phenolic OH excluding ortho intramolecular Hbond substituents is 1. The summed E-state index contributed by atoms with van der Waals surface area (Å²) in [5.74, 6) is -1.55. The lowest BCUT2D eigenvalue weighted by atomic mass is 9.70. The average Bonchev–Trinajstić information content (AvgIpc) is 3.53. The van der Waals surface area contributed by atoms with Crippen molar-refractivity contribution in [2.45, 2.75) is 77.5 Å². The second-order valence-corrected chi connectivity index (χ2v) is 12.8. The number of fused-ring (bicyclic) bond motifs is 3. The summed E-state index contributed by atoms with van der Waals surface area (Å²) in [6.07, 6.45) is 7.69. The predicted octanol–water partition coefficient (Wildman–Crippen LogP) is 6.50. The van der Waals surface area contributed by atoms with E-state index in [1.807, 2.05) is 12.1 Å². The van der Waals surface area contributed by atoms with Gasteiger partial charge in [0.05, 0.1) is 24.5 Å². The molecule has 0 unspecified atom stereocenters. The average molecular weight is 587 g/mol. The fourth-order valence-corrected chi connectivity index (χ4v) is 7.95. The van der Waals surface area contributed by atoms with Gasteiger partial charge in [-0.05, 0) is 74.3 Å². The molecule has 2 aromatic carbocycles. The predicted molar refractivity (Wildman–Crippen MR) is 164 cm³/mol. The number of hydrogen-bond acceptors (Lipinski definition) is 5. The number of benzene rings is 2. The van der Waals surface area contributed by atoms with Gasteiger partial charge in [-0.25, -0.2) is 4.39 Å². The van der Waals surface area contributed by atoms with Gasteiger partial charge in [-0.15, -0.1) is 0 Å². The Bertz CT molecular complexity index is 1410. The summed E-state index contributed by atoms with van der Waals surface area (Å²) in [6.45, 7) is 7.39. The number of carbonyl (C=O) groups is 2.